The van der Waals surface area contributed by atoms with Crippen LogP contribution < -0.4 is 5.32 Å². The van der Waals surface area contributed by atoms with Crippen molar-refractivity contribution in [2.24, 2.45) is 0 Å². The number of aromatic nitrogens is 1. The Morgan fingerprint density at radius 1 is 1.67 bits per heavy atom. The largest absolute Gasteiger partial charge is 0.302 e. The first-order chi connectivity index (χ1) is 7.26. The summed E-state index contributed by atoms with van der Waals surface area (Å²) < 4.78 is 0. The van der Waals surface area contributed by atoms with E-state index in [9.17, 15) is 0 Å². The highest BCUT2D eigenvalue weighted by atomic mass is 35.5. The lowest BCUT2D eigenvalue weighted by Crippen LogP contribution is -2.29. The zero-order valence-electron chi connectivity index (χ0n) is 8.40. The second-order valence-corrected chi connectivity index (χ2v) is 4.34. The SMILES string of the molecule is CCNC(C#N)CSc1ccc(Cl)cn1. The molecule has 0 aliphatic rings. The maximum atomic E-state index is 8.81. The quantitative estimate of drug-likeness (QED) is 0.804. The van der Waals surface area contributed by atoms with E-state index < -0.39 is 0 Å². The molecule has 1 aromatic rings. The number of pyridine rings is 1. The average Bonchev–Trinajstić information content (AvgIpc) is 2.26. The van der Waals surface area contributed by atoms with E-state index in [2.05, 4.69) is 16.4 Å². The number of hydrogen-bond donors (Lipinski definition) is 1. The Labute approximate surface area is 98.8 Å². The Balaban J connectivity index is 2.42. The van der Waals surface area contributed by atoms with Crippen LogP contribution in [0.15, 0.2) is 23.4 Å². The number of nitrogens with zero attached hydrogens (tertiary/aromatic N) is 2. The summed E-state index contributed by atoms with van der Waals surface area (Å²) >= 11 is 7.26. The number of thioether (sulfide) groups is 1. The predicted octanol–water partition coefficient (Wildman–Crippen LogP) is 2.33. The summed E-state index contributed by atoms with van der Waals surface area (Å²) in [6, 6.07) is 5.72. The monoisotopic (exact) mass is 241 g/mol. The molecule has 1 atom stereocenters. The van der Waals surface area contributed by atoms with Gasteiger partial charge in [0.2, 0.25) is 0 Å². The number of nitriles is 1. The standard InChI is InChI=1S/C10H12ClN3S/c1-2-13-9(5-12)7-15-10-4-3-8(11)6-14-10/h3-4,6,9,13H,2,7H2,1H3. The molecule has 0 aromatic carbocycles. The number of rotatable bonds is 5. The molecule has 1 heterocycles. The second kappa shape index (κ2) is 6.67. The van der Waals surface area contributed by atoms with Crippen molar-refractivity contribution in [2.45, 2.75) is 18.0 Å². The first-order valence-corrected chi connectivity index (χ1v) is 6.00. The lowest BCUT2D eigenvalue weighted by Gasteiger charge is -2.08. The van der Waals surface area contributed by atoms with Crippen LogP contribution in [0.3, 0.4) is 0 Å². The van der Waals surface area contributed by atoms with Gasteiger partial charge in [0, 0.05) is 11.9 Å². The maximum absolute atomic E-state index is 8.81. The van der Waals surface area contributed by atoms with Gasteiger partial charge in [-0.25, -0.2) is 4.98 Å². The van der Waals surface area contributed by atoms with Crippen LogP contribution in [0, 0.1) is 11.3 Å². The molecule has 0 amide bonds. The van der Waals surface area contributed by atoms with E-state index >= 15 is 0 Å². The normalized spacial score (nSPS) is 12.1. The summed E-state index contributed by atoms with van der Waals surface area (Å²) in [7, 11) is 0. The van der Waals surface area contributed by atoms with Crippen molar-refractivity contribution in [2.75, 3.05) is 12.3 Å². The van der Waals surface area contributed by atoms with Gasteiger partial charge < -0.3 is 5.32 Å². The van der Waals surface area contributed by atoms with E-state index in [4.69, 9.17) is 16.9 Å². The Morgan fingerprint density at radius 2 is 2.47 bits per heavy atom. The Morgan fingerprint density at radius 3 is 3.00 bits per heavy atom. The fraction of sp³-hybridized carbons (Fsp3) is 0.400. The molecule has 0 fully saturated rings. The van der Waals surface area contributed by atoms with Crippen molar-refractivity contribution < 1.29 is 0 Å². The minimum Gasteiger partial charge on any atom is -0.302 e. The highest BCUT2D eigenvalue weighted by molar-refractivity contribution is 7.99. The maximum Gasteiger partial charge on any atom is 0.105 e. The van der Waals surface area contributed by atoms with Gasteiger partial charge >= 0.3 is 0 Å². The van der Waals surface area contributed by atoms with Crippen LogP contribution in [0.2, 0.25) is 5.02 Å². The van der Waals surface area contributed by atoms with E-state index in [1.54, 1.807) is 24.0 Å². The third-order valence-corrected chi connectivity index (χ3v) is 2.97. The molecule has 0 bridgehead atoms. The fourth-order valence-corrected chi connectivity index (χ4v) is 1.94. The predicted molar refractivity (Wildman–Crippen MR) is 63.0 cm³/mol. The van der Waals surface area contributed by atoms with E-state index in [-0.39, 0.29) is 6.04 Å². The van der Waals surface area contributed by atoms with Crippen LogP contribution in [-0.2, 0) is 0 Å². The lowest BCUT2D eigenvalue weighted by atomic mass is 10.4. The molecule has 0 aliphatic carbocycles. The van der Waals surface area contributed by atoms with Crippen molar-refractivity contribution in [1.29, 1.82) is 5.26 Å². The summed E-state index contributed by atoms with van der Waals surface area (Å²) in [5.74, 6) is 0.693. The van der Waals surface area contributed by atoms with Gasteiger partial charge in [-0.05, 0) is 18.7 Å². The lowest BCUT2D eigenvalue weighted by molar-refractivity contribution is 0.677. The molecular weight excluding hydrogens is 230 g/mol. The molecule has 15 heavy (non-hydrogen) atoms. The summed E-state index contributed by atoms with van der Waals surface area (Å²) in [4.78, 5) is 4.14. The molecule has 1 rings (SSSR count). The molecular formula is C10H12ClN3S. The fourth-order valence-electron chi connectivity index (χ4n) is 1.00. The molecule has 3 nitrogen and oxygen atoms in total. The van der Waals surface area contributed by atoms with Crippen LogP contribution in [0.4, 0.5) is 0 Å². The van der Waals surface area contributed by atoms with Gasteiger partial charge in [0.25, 0.3) is 0 Å². The van der Waals surface area contributed by atoms with Gasteiger partial charge in [-0.15, -0.1) is 11.8 Å². The van der Waals surface area contributed by atoms with Gasteiger partial charge in [0.15, 0.2) is 0 Å². The van der Waals surface area contributed by atoms with E-state index in [0.29, 0.717) is 10.8 Å². The molecule has 5 heteroatoms. The van der Waals surface area contributed by atoms with Crippen molar-refractivity contribution >= 4 is 23.4 Å². The van der Waals surface area contributed by atoms with E-state index in [0.717, 1.165) is 11.6 Å². The van der Waals surface area contributed by atoms with Crippen molar-refractivity contribution in [3.8, 4) is 6.07 Å². The molecule has 0 aliphatic heterocycles. The summed E-state index contributed by atoms with van der Waals surface area (Å²) in [6.07, 6.45) is 1.61. The smallest absolute Gasteiger partial charge is 0.105 e. The molecule has 1 aromatic heterocycles. The highest BCUT2D eigenvalue weighted by Gasteiger charge is 2.06. The van der Waals surface area contributed by atoms with Gasteiger partial charge in [0.05, 0.1) is 16.1 Å². The number of halogens is 1. The van der Waals surface area contributed by atoms with E-state index in [1.807, 2.05) is 13.0 Å². The zero-order valence-corrected chi connectivity index (χ0v) is 9.98. The molecule has 0 radical (unpaired) electrons. The minimum atomic E-state index is -0.127. The summed E-state index contributed by atoms with van der Waals surface area (Å²) in [5.41, 5.74) is 0. The van der Waals surface area contributed by atoms with Gasteiger partial charge in [-0.3, -0.25) is 0 Å². The summed E-state index contributed by atoms with van der Waals surface area (Å²) in [6.45, 7) is 2.78. The Bertz CT molecular complexity index is 334. The van der Waals surface area contributed by atoms with E-state index in [1.165, 1.54) is 0 Å². The van der Waals surface area contributed by atoms with Gasteiger partial charge in [-0.2, -0.15) is 5.26 Å². The highest BCUT2D eigenvalue weighted by Crippen LogP contribution is 2.17. The zero-order chi connectivity index (χ0) is 11.1. The molecule has 0 saturated carbocycles. The van der Waals surface area contributed by atoms with Crippen LogP contribution in [0.5, 0.6) is 0 Å². The molecule has 0 spiro atoms. The second-order valence-electron chi connectivity index (χ2n) is 2.87. The van der Waals surface area contributed by atoms with Crippen LogP contribution in [0.25, 0.3) is 0 Å². The van der Waals surface area contributed by atoms with Crippen LogP contribution in [0.1, 0.15) is 6.92 Å². The van der Waals surface area contributed by atoms with Crippen LogP contribution in [-0.4, -0.2) is 23.3 Å². The molecule has 1 unspecified atom stereocenters. The van der Waals surface area contributed by atoms with Crippen LogP contribution >= 0.6 is 23.4 Å². The number of nitrogens with one attached hydrogen (secondary N) is 1. The Hall–Kier alpha value is -0.760. The third-order valence-electron chi connectivity index (χ3n) is 1.70. The topological polar surface area (TPSA) is 48.7 Å². The molecule has 0 saturated heterocycles. The van der Waals surface area contributed by atoms with Crippen molar-refractivity contribution in [1.82, 2.24) is 10.3 Å². The number of hydrogen-bond acceptors (Lipinski definition) is 4. The minimum absolute atomic E-state index is 0.127. The third kappa shape index (κ3) is 4.52. The van der Waals surface area contributed by atoms with Crippen molar-refractivity contribution in [3.63, 3.8) is 0 Å². The van der Waals surface area contributed by atoms with Gasteiger partial charge in [0.1, 0.15) is 6.04 Å². The molecule has 80 valence electrons. The van der Waals surface area contributed by atoms with Crippen molar-refractivity contribution in [3.05, 3.63) is 23.4 Å². The first kappa shape index (κ1) is 12.3. The molecule has 1 N–H and O–H groups in total. The first-order valence-electron chi connectivity index (χ1n) is 4.63. The summed E-state index contributed by atoms with van der Waals surface area (Å²) in [5, 5.41) is 13.4. The Kier molecular flexibility index (Phi) is 5.48. The average molecular weight is 242 g/mol. The van der Waals surface area contributed by atoms with Gasteiger partial charge in [-0.1, -0.05) is 18.5 Å².